The first kappa shape index (κ1) is 15.9. The van der Waals surface area contributed by atoms with Crippen LogP contribution in [0.15, 0.2) is 43.0 Å². The maximum absolute atomic E-state index is 13.6. The molecule has 0 amide bonds. The van der Waals surface area contributed by atoms with Crippen LogP contribution in [0.25, 0.3) is 5.95 Å². The number of aromatic nitrogens is 5. The Morgan fingerprint density at radius 3 is 2.58 bits per heavy atom. The van der Waals surface area contributed by atoms with Gasteiger partial charge < -0.3 is 0 Å². The van der Waals surface area contributed by atoms with Crippen LogP contribution in [0.1, 0.15) is 5.56 Å². The van der Waals surface area contributed by atoms with Crippen molar-refractivity contribution in [1.82, 2.24) is 24.7 Å². The highest BCUT2D eigenvalue weighted by molar-refractivity contribution is 7.91. The fraction of sp³-hybridized carbons (Fsp3) is 0.0769. The van der Waals surface area contributed by atoms with Crippen LogP contribution in [-0.2, 0) is 15.8 Å². The molecule has 0 aliphatic rings. The van der Waals surface area contributed by atoms with Gasteiger partial charge in [-0.2, -0.15) is 14.8 Å². The summed E-state index contributed by atoms with van der Waals surface area (Å²) in [6.45, 7) is 0. The summed E-state index contributed by atoms with van der Waals surface area (Å²) < 4.78 is 54.2. The van der Waals surface area contributed by atoms with Crippen molar-refractivity contribution in [2.45, 2.75) is 5.75 Å². The predicted molar refractivity (Wildman–Crippen MR) is 79.6 cm³/mol. The molecule has 0 aliphatic heterocycles. The molecule has 2 heterocycles. The Labute approximate surface area is 135 Å². The molecule has 0 saturated carbocycles. The average molecular weight is 352 g/mol. The maximum atomic E-state index is 13.6. The molecule has 24 heavy (non-hydrogen) atoms. The van der Waals surface area contributed by atoms with Gasteiger partial charge in [0.1, 0.15) is 18.0 Å². The van der Waals surface area contributed by atoms with Gasteiger partial charge in [-0.3, -0.25) is 4.72 Å². The Morgan fingerprint density at radius 1 is 1.12 bits per heavy atom. The van der Waals surface area contributed by atoms with E-state index in [1.165, 1.54) is 12.4 Å². The zero-order valence-corrected chi connectivity index (χ0v) is 12.8. The summed E-state index contributed by atoms with van der Waals surface area (Å²) in [5, 5.41) is 3.84. The van der Waals surface area contributed by atoms with E-state index in [-0.39, 0.29) is 17.5 Å². The molecule has 124 valence electrons. The molecular weight excluding hydrogens is 342 g/mol. The van der Waals surface area contributed by atoms with Crippen molar-refractivity contribution in [3.05, 3.63) is 60.2 Å². The van der Waals surface area contributed by atoms with E-state index in [2.05, 4.69) is 24.8 Å². The van der Waals surface area contributed by atoms with Gasteiger partial charge in [-0.05, 0) is 12.1 Å². The molecule has 1 aromatic carbocycles. The van der Waals surface area contributed by atoms with Crippen molar-refractivity contribution < 1.29 is 17.2 Å². The molecule has 0 atom stereocenters. The van der Waals surface area contributed by atoms with Gasteiger partial charge in [0.15, 0.2) is 0 Å². The van der Waals surface area contributed by atoms with Crippen molar-refractivity contribution in [3.63, 3.8) is 0 Å². The minimum absolute atomic E-state index is 0.112. The summed E-state index contributed by atoms with van der Waals surface area (Å²) in [5.41, 5.74) is -0.175. The van der Waals surface area contributed by atoms with Gasteiger partial charge in [-0.25, -0.2) is 27.2 Å². The number of sulfonamides is 1. The summed E-state index contributed by atoms with van der Waals surface area (Å²) in [4.78, 5) is 11.6. The Balaban J connectivity index is 1.84. The van der Waals surface area contributed by atoms with Crippen molar-refractivity contribution in [2.75, 3.05) is 4.72 Å². The second-order valence-corrected chi connectivity index (χ2v) is 6.36. The number of hydrogen-bond acceptors (Lipinski definition) is 6. The Bertz CT molecular complexity index is 962. The molecule has 3 rings (SSSR count). The van der Waals surface area contributed by atoms with Crippen molar-refractivity contribution in [2.24, 2.45) is 0 Å². The standard InChI is InChI=1S/C13H10F2N6O2S/c14-10-3-2-9(11(15)6-10)7-24(22,23)20-13-18-8-19-21(13)12-16-4-1-5-17-12/h1-6,8H,7H2,(H,18,19,20). The van der Waals surface area contributed by atoms with E-state index in [4.69, 9.17) is 0 Å². The third-order valence-corrected chi connectivity index (χ3v) is 4.08. The fourth-order valence-electron chi connectivity index (χ4n) is 1.88. The first-order valence-corrected chi connectivity index (χ1v) is 8.22. The lowest BCUT2D eigenvalue weighted by Crippen LogP contribution is -2.19. The van der Waals surface area contributed by atoms with Crippen molar-refractivity contribution in [3.8, 4) is 5.95 Å². The normalized spacial score (nSPS) is 11.4. The number of nitrogens with zero attached hydrogens (tertiary/aromatic N) is 5. The van der Waals surface area contributed by atoms with Crippen LogP contribution in [0, 0.1) is 11.6 Å². The van der Waals surface area contributed by atoms with E-state index in [1.54, 1.807) is 6.07 Å². The van der Waals surface area contributed by atoms with Crippen LogP contribution in [0.4, 0.5) is 14.7 Å². The summed E-state index contributed by atoms with van der Waals surface area (Å²) in [6.07, 6.45) is 4.03. The fourth-order valence-corrected chi connectivity index (χ4v) is 3.01. The van der Waals surface area contributed by atoms with Crippen molar-refractivity contribution >= 4 is 16.0 Å². The molecule has 0 bridgehead atoms. The first-order chi connectivity index (χ1) is 11.4. The third kappa shape index (κ3) is 3.51. The van der Waals surface area contributed by atoms with Crippen LogP contribution in [0.3, 0.4) is 0 Å². The number of anilines is 1. The van der Waals surface area contributed by atoms with Gasteiger partial charge in [-0.15, -0.1) is 0 Å². The molecule has 0 fully saturated rings. The summed E-state index contributed by atoms with van der Waals surface area (Å²) in [5.74, 6) is -2.47. The molecule has 0 unspecified atom stereocenters. The lowest BCUT2D eigenvalue weighted by Gasteiger charge is -2.08. The first-order valence-electron chi connectivity index (χ1n) is 6.56. The number of nitrogens with one attached hydrogen (secondary N) is 1. The molecule has 0 radical (unpaired) electrons. The van der Waals surface area contributed by atoms with Crippen molar-refractivity contribution in [1.29, 1.82) is 0 Å². The highest BCUT2D eigenvalue weighted by Gasteiger charge is 2.19. The number of halogens is 2. The third-order valence-electron chi connectivity index (χ3n) is 2.90. The highest BCUT2D eigenvalue weighted by Crippen LogP contribution is 2.15. The molecule has 0 aliphatic carbocycles. The van der Waals surface area contributed by atoms with Gasteiger partial charge in [-0.1, -0.05) is 6.07 Å². The monoisotopic (exact) mass is 352 g/mol. The largest absolute Gasteiger partial charge is 0.253 e. The number of rotatable bonds is 5. The number of benzene rings is 1. The second kappa shape index (κ2) is 6.28. The topological polar surface area (TPSA) is 103 Å². The second-order valence-electron chi connectivity index (χ2n) is 4.64. The maximum Gasteiger partial charge on any atom is 0.253 e. The molecule has 8 nitrogen and oxygen atoms in total. The van der Waals surface area contributed by atoms with Gasteiger partial charge >= 0.3 is 0 Å². The lowest BCUT2D eigenvalue weighted by molar-refractivity contribution is 0.570. The summed E-state index contributed by atoms with van der Waals surface area (Å²) in [7, 11) is -4.01. The molecule has 0 spiro atoms. The van der Waals surface area contributed by atoms with Crippen LogP contribution in [0.5, 0.6) is 0 Å². The molecule has 1 N–H and O–H groups in total. The molecule has 11 heteroatoms. The van der Waals surface area contributed by atoms with Crippen LogP contribution in [-0.4, -0.2) is 33.2 Å². The molecule has 3 aromatic rings. The quantitative estimate of drug-likeness (QED) is 0.742. The van der Waals surface area contributed by atoms with E-state index in [0.29, 0.717) is 6.07 Å². The van der Waals surface area contributed by atoms with Gasteiger partial charge in [0, 0.05) is 24.0 Å². The van der Waals surface area contributed by atoms with Crippen LogP contribution < -0.4 is 4.72 Å². The van der Waals surface area contributed by atoms with E-state index >= 15 is 0 Å². The van der Waals surface area contributed by atoms with Gasteiger partial charge in [0.05, 0.1) is 5.75 Å². The summed E-state index contributed by atoms with van der Waals surface area (Å²) in [6, 6.07) is 4.25. The van der Waals surface area contributed by atoms with Gasteiger partial charge in [0.2, 0.25) is 16.0 Å². The van der Waals surface area contributed by atoms with Crippen LogP contribution >= 0.6 is 0 Å². The van der Waals surface area contributed by atoms with E-state index < -0.39 is 27.4 Å². The zero-order chi connectivity index (χ0) is 17.2. The Hall–Kier alpha value is -2.95. The smallest absolute Gasteiger partial charge is 0.251 e. The minimum atomic E-state index is -4.01. The molecular formula is C13H10F2N6O2S. The minimum Gasteiger partial charge on any atom is -0.251 e. The van der Waals surface area contributed by atoms with Crippen LogP contribution in [0.2, 0.25) is 0 Å². The molecule has 0 saturated heterocycles. The molecule has 2 aromatic heterocycles. The van der Waals surface area contributed by atoms with E-state index in [1.807, 2.05) is 0 Å². The van der Waals surface area contributed by atoms with E-state index in [9.17, 15) is 17.2 Å². The van der Waals surface area contributed by atoms with E-state index in [0.717, 1.165) is 23.1 Å². The SMILES string of the molecule is O=S(=O)(Cc1ccc(F)cc1F)Nc1ncnn1-c1ncccn1. The Morgan fingerprint density at radius 2 is 1.88 bits per heavy atom. The number of hydrogen-bond donors (Lipinski definition) is 1. The predicted octanol–water partition coefficient (Wildman–Crippen LogP) is 1.28. The van der Waals surface area contributed by atoms with Gasteiger partial charge in [0.25, 0.3) is 5.95 Å². The summed E-state index contributed by atoms with van der Waals surface area (Å²) >= 11 is 0. The highest BCUT2D eigenvalue weighted by atomic mass is 32.2. The Kier molecular flexibility index (Phi) is 4.16. The lowest BCUT2D eigenvalue weighted by atomic mass is 10.2. The zero-order valence-electron chi connectivity index (χ0n) is 12.0. The average Bonchev–Trinajstić information content (AvgIpc) is 2.98.